The van der Waals surface area contributed by atoms with Gasteiger partial charge < -0.3 is 10.2 Å². The number of nitrogens with zero attached hydrogens (tertiary/aromatic N) is 1. The summed E-state index contributed by atoms with van der Waals surface area (Å²) in [5, 5.41) is 1.69. The van der Waals surface area contributed by atoms with Crippen molar-refractivity contribution in [2.75, 3.05) is 0 Å². The highest BCUT2D eigenvalue weighted by Gasteiger charge is 2.18. The quantitative estimate of drug-likeness (QED) is 0.771. The molecule has 0 spiro atoms. The molecule has 0 radical (unpaired) electrons. The van der Waals surface area contributed by atoms with Crippen LogP contribution in [0.15, 0.2) is 47.1 Å². The lowest BCUT2D eigenvalue weighted by Gasteiger charge is -2.09. The minimum Gasteiger partial charge on any atom is -0.459 e. The average Bonchev–Trinajstić information content (AvgIpc) is 2.76. The number of nitrogens with two attached hydrogens (primary N) is 1. The number of aromatic nitrogens is 1. The van der Waals surface area contributed by atoms with Crippen LogP contribution in [0.1, 0.15) is 22.9 Å². The van der Waals surface area contributed by atoms with Crippen molar-refractivity contribution in [1.29, 1.82) is 0 Å². The van der Waals surface area contributed by atoms with E-state index in [-0.39, 0.29) is 6.04 Å². The van der Waals surface area contributed by atoms with Gasteiger partial charge in [0.25, 0.3) is 0 Å². The zero-order chi connectivity index (χ0) is 13.4. The van der Waals surface area contributed by atoms with Crippen LogP contribution in [0, 0.1) is 6.92 Å². The van der Waals surface area contributed by atoms with Crippen LogP contribution in [0.4, 0.5) is 0 Å². The molecule has 2 N–H and O–H groups in total. The van der Waals surface area contributed by atoms with Crippen molar-refractivity contribution in [2.45, 2.75) is 13.0 Å². The van der Waals surface area contributed by atoms with E-state index in [0.717, 1.165) is 27.9 Å². The summed E-state index contributed by atoms with van der Waals surface area (Å²) in [6.45, 7) is 1.99. The van der Waals surface area contributed by atoms with E-state index in [2.05, 4.69) is 4.98 Å². The lowest BCUT2D eigenvalue weighted by molar-refractivity contribution is 0.520. The molecule has 0 saturated heterocycles. The Morgan fingerprint density at radius 3 is 2.89 bits per heavy atom. The standard InChI is InChI=1S/C15H13ClN2O/c1-9-12-7-11(16)4-5-13(12)19-15(9)14(17)10-3-2-6-18-8-10/h2-8,14H,17H2,1H3. The molecule has 0 fully saturated rings. The number of furan rings is 1. The maximum absolute atomic E-state index is 6.25. The van der Waals surface area contributed by atoms with E-state index in [9.17, 15) is 0 Å². The Hall–Kier alpha value is -1.84. The number of rotatable bonds is 2. The molecule has 19 heavy (non-hydrogen) atoms. The molecule has 1 unspecified atom stereocenters. The molecule has 3 aromatic rings. The lowest BCUT2D eigenvalue weighted by Crippen LogP contribution is -2.12. The third-order valence-corrected chi connectivity index (χ3v) is 3.50. The van der Waals surface area contributed by atoms with Gasteiger partial charge in [0.1, 0.15) is 11.3 Å². The second kappa shape index (κ2) is 4.68. The first-order chi connectivity index (χ1) is 9.16. The van der Waals surface area contributed by atoms with Crippen LogP contribution < -0.4 is 5.73 Å². The van der Waals surface area contributed by atoms with Gasteiger partial charge in [0.2, 0.25) is 0 Å². The highest BCUT2D eigenvalue weighted by molar-refractivity contribution is 6.31. The second-order valence-electron chi connectivity index (χ2n) is 4.50. The number of aryl methyl sites for hydroxylation is 1. The normalized spacial score (nSPS) is 12.8. The van der Waals surface area contributed by atoms with Crippen LogP contribution in [-0.4, -0.2) is 4.98 Å². The van der Waals surface area contributed by atoms with Gasteiger partial charge in [-0.15, -0.1) is 0 Å². The molecule has 3 rings (SSSR count). The van der Waals surface area contributed by atoms with E-state index in [1.165, 1.54) is 0 Å². The van der Waals surface area contributed by atoms with Crippen LogP contribution in [0.3, 0.4) is 0 Å². The van der Waals surface area contributed by atoms with Gasteiger partial charge in [0.15, 0.2) is 0 Å². The fourth-order valence-electron chi connectivity index (χ4n) is 2.22. The van der Waals surface area contributed by atoms with Crippen molar-refractivity contribution in [3.05, 3.63) is 64.6 Å². The zero-order valence-electron chi connectivity index (χ0n) is 10.4. The number of halogens is 1. The number of fused-ring (bicyclic) bond motifs is 1. The van der Waals surface area contributed by atoms with Crippen molar-refractivity contribution >= 4 is 22.6 Å². The average molecular weight is 273 g/mol. The van der Waals surface area contributed by atoms with Gasteiger partial charge in [-0.05, 0) is 36.8 Å². The minimum absolute atomic E-state index is 0.320. The van der Waals surface area contributed by atoms with E-state index >= 15 is 0 Å². The summed E-state index contributed by atoms with van der Waals surface area (Å²) in [4.78, 5) is 4.09. The number of hydrogen-bond acceptors (Lipinski definition) is 3. The summed E-state index contributed by atoms with van der Waals surface area (Å²) >= 11 is 6.01. The monoisotopic (exact) mass is 272 g/mol. The van der Waals surface area contributed by atoms with Gasteiger partial charge in [0.05, 0.1) is 6.04 Å². The van der Waals surface area contributed by atoms with Gasteiger partial charge in [-0.2, -0.15) is 0 Å². The summed E-state index contributed by atoms with van der Waals surface area (Å²) in [5.41, 5.74) is 9.00. The first kappa shape index (κ1) is 12.2. The summed E-state index contributed by atoms with van der Waals surface area (Å²) in [6.07, 6.45) is 3.48. The Morgan fingerprint density at radius 2 is 2.16 bits per heavy atom. The Bertz CT molecular complexity index is 722. The Kier molecular flexibility index (Phi) is 3.01. The second-order valence-corrected chi connectivity index (χ2v) is 4.93. The van der Waals surface area contributed by atoms with Gasteiger partial charge >= 0.3 is 0 Å². The molecule has 2 aromatic heterocycles. The van der Waals surface area contributed by atoms with Crippen molar-refractivity contribution in [1.82, 2.24) is 4.98 Å². The molecular weight excluding hydrogens is 260 g/mol. The molecule has 0 saturated carbocycles. The van der Waals surface area contributed by atoms with E-state index in [4.69, 9.17) is 21.8 Å². The molecule has 3 nitrogen and oxygen atoms in total. The topological polar surface area (TPSA) is 52.0 Å². The van der Waals surface area contributed by atoms with Crippen molar-refractivity contribution in [3.8, 4) is 0 Å². The molecule has 0 bridgehead atoms. The molecule has 0 aliphatic heterocycles. The summed E-state index contributed by atoms with van der Waals surface area (Å²) in [7, 11) is 0. The van der Waals surface area contributed by atoms with Gasteiger partial charge in [0, 0.05) is 28.4 Å². The first-order valence-corrected chi connectivity index (χ1v) is 6.38. The summed E-state index contributed by atoms with van der Waals surface area (Å²) in [6, 6.07) is 9.06. The number of pyridine rings is 1. The predicted molar refractivity (Wildman–Crippen MR) is 76.2 cm³/mol. The SMILES string of the molecule is Cc1c(C(N)c2cccnc2)oc2ccc(Cl)cc12. The fourth-order valence-corrected chi connectivity index (χ4v) is 2.39. The molecule has 0 aliphatic carbocycles. The zero-order valence-corrected chi connectivity index (χ0v) is 11.2. The van der Waals surface area contributed by atoms with Gasteiger partial charge in [-0.1, -0.05) is 17.7 Å². The maximum atomic E-state index is 6.25. The fraction of sp³-hybridized carbons (Fsp3) is 0.133. The van der Waals surface area contributed by atoms with Crippen LogP contribution in [0.5, 0.6) is 0 Å². The summed E-state index contributed by atoms with van der Waals surface area (Å²) in [5.74, 6) is 0.755. The molecule has 0 amide bonds. The third kappa shape index (κ3) is 2.11. The highest BCUT2D eigenvalue weighted by atomic mass is 35.5. The van der Waals surface area contributed by atoms with Crippen molar-refractivity contribution in [3.63, 3.8) is 0 Å². The third-order valence-electron chi connectivity index (χ3n) is 3.26. The number of benzene rings is 1. The van der Waals surface area contributed by atoms with E-state index in [1.807, 2.05) is 37.3 Å². The van der Waals surface area contributed by atoms with Crippen molar-refractivity contribution in [2.24, 2.45) is 5.73 Å². The van der Waals surface area contributed by atoms with Crippen molar-refractivity contribution < 1.29 is 4.42 Å². The maximum Gasteiger partial charge on any atom is 0.134 e. The molecule has 4 heteroatoms. The molecule has 1 atom stereocenters. The molecule has 0 aliphatic rings. The van der Waals surface area contributed by atoms with E-state index < -0.39 is 0 Å². The van der Waals surface area contributed by atoms with E-state index in [0.29, 0.717) is 5.02 Å². The Balaban J connectivity index is 2.13. The van der Waals surface area contributed by atoms with Gasteiger partial charge in [-0.3, -0.25) is 4.98 Å². The Labute approximate surface area is 116 Å². The first-order valence-electron chi connectivity index (χ1n) is 6.01. The minimum atomic E-state index is -0.320. The molecule has 2 heterocycles. The lowest BCUT2D eigenvalue weighted by atomic mass is 10.0. The Morgan fingerprint density at radius 1 is 1.32 bits per heavy atom. The predicted octanol–water partition coefficient (Wildman–Crippen LogP) is 3.84. The van der Waals surface area contributed by atoms with Crippen LogP contribution in [0.25, 0.3) is 11.0 Å². The molecule has 1 aromatic carbocycles. The molecule has 96 valence electrons. The largest absolute Gasteiger partial charge is 0.459 e. The van der Waals surface area contributed by atoms with Gasteiger partial charge in [-0.25, -0.2) is 0 Å². The van der Waals surface area contributed by atoms with Crippen LogP contribution in [-0.2, 0) is 0 Å². The molecular formula is C15H13ClN2O. The number of hydrogen-bond donors (Lipinski definition) is 1. The summed E-state index contributed by atoms with van der Waals surface area (Å²) < 4.78 is 5.86. The van der Waals surface area contributed by atoms with Crippen LogP contribution in [0.2, 0.25) is 5.02 Å². The van der Waals surface area contributed by atoms with E-state index in [1.54, 1.807) is 12.4 Å². The highest BCUT2D eigenvalue weighted by Crippen LogP contribution is 2.32. The van der Waals surface area contributed by atoms with Crippen LogP contribution >= 0.6 is 11.6 Å². The smallest absolute Gasteiger partial charge is 0.134 e.